The predicted octanol–water partition coefficient (Wildman–Crippen LogP) is 2.97. The van der Waals surface area contributed by atoms with Crippen molar-refractivity contribution >= 4 is 41.3 Å². The average molecular weight is 433 g/mol. The minimum atomic E-state index is 0. The van der Waals surface area contributed by atoms with Crippen LogP contribution in [0, 0.1) is 6.92 Å². The topological polar surface area (TPSA) is 45.5 Å². The van der Waals surface area contributed by atoms with Crippen LogP contribution >= 0.6 is 35.3 Å². The number of hydrogen-bond acceptors (Lipinski definition) is 3. The van der Waals surface area contributed by atoms with Crippen molar-refractivity contribution in [2.45, 2.75) is 26.9 Å². The van der Waals surface area contributed by atoms with Gasteiger partial charge in [0.25, 0.3) is 0 Å². The smallest absolute Gasteiger partial charge is 0.194 e. The summed E-state index contributed by atoms with van der Waals surface area (Å²) in [7, 11) is 2.07. The van der Waals surface area contributed by atoms with Gasteiger partial charge in [0, 0.05) is 26.3 Å². The Morgan fingerprint density at radius 3 is 2.91 bits per heavy atom. The van der Waals surface area contributed by atoms with E-state index in [1.54, 1.807) is 11.3 Å². The Balaban J connectivity index is 0.00000242. The summed E-state index contributed by atoms with van der Waals surface area (Å²) in [6.07, 6.45) is 3.91. The van der Waals surface area contributed by atoms with Gasteiger partial charge < -0.3 is 10.2 Å². The van der Waals surface area contributed by atoms with Gasteiger partial charge in [-0.2, -0.15) is 16.4 Å². The van der Waals surface area contributed by atoms with Crippen molar-refractivity contribution in [2.75, 3.05) is 20.1 Å². The van der Waals surface area contributed by atoms with E-state index in [0.29, 0.717) is 0 Å². The molecule has 2 rings (SSSR count). The van der Waals surface area contributed by atoms with Crippen molar-refractivity contribution in [1.82, 2.24) is 20.0 Å². The van der Waals surface area contributed by atoms with E-state index in [1.165, 1.54) is 11.1 Å². The number of aliphatic imine (C=N–C) groups is 1. The molecule has 1 N–H and O–H groups in total. The second-order valence-electron chi connectivity index (χ2n) is 5.00. The third-order valence-corrected chi connectivity index (χ3v) is 3.78. The van der Waals surface area contributed by atoms with Crippen molar-refractivity contribution in [3.63, 3.8) is 0 Å². The van der Waals surface area contributed by atoms with Crippen LogP contribution in [0.25, 0.3) is 0 Å². The van der Waals surface area contributed by atoms with Gasteiger partial charge in [0.1, 0.15) is 0 Å². The van der Waals surface area contributed by atoms with Crippen LogP contribution in [0.15, 0.2) is 34.2 Å². The van der Waals surface area contributed by atoms with Crippen molar-refractivity contribution in [3.8, 4) is 0 Å². The van der Waals surface area contributed by atoms with E-state index in [2.05, 4.69) is 51.1 Å². The maximum absolute atomic E-state index is 4.67. The van der Waals surface area contributed by atoms with Gasteiger partial charge in [0.2, 0.25) is 0 Å². The van der Waals surface area contributed by atoms with Crippen molar-refractivity contribution < 1.29 is 0 Å². The fraction of sp³-hybridized carbons (Fsp3) is 0.467. The molecule has 0 amide bonds. The Morgan fingerprint density at radius 1 is 1.50 bits per heavy atom. The fourth-order valence-corrected chi connectivity index (χ4v) is 2.71. The minimum absolute atomic E-state index is 0. The molecule has 2 heterocycles. The Kier molecular flexibility index (Phi) is 8.47. The number of aromatic nitrogens is 2. The molecule has 0 radical (unpaired) electrons. The molecule has 122 valence electrons. The summed E-state index contributed by atoms with van der Waals surface area (Å²) in [5.74, 6) is 0.938. The van der Waals surface area contributed by atoms with Crippen LogP contribution in [0.5, 0.6) is 0 Å². The zero-order valence-corrected chi connectivity index (χ0v) is 16.5. The van der Waals surface area contributed by atoms with Crippen LogP contribution in [-0.4, -0.2) is 40.8 Å². The number of aryl methyl sites for hydroxylation is 1. The lowest BCUT2D eigenvalue weighted by atomic mass is 10.3. The second kappa shape index (κ2) is 9.83. The molecular weight excluding hydrogens is 409 g/mol. The van der Waals surface area contributed by atoms with E-state index in [4.69, 9.17) is 0 Å². The van der Waals surface area contributed by atoms with E-state index >= 15 is 0 Å². The molecule has 0 saturated carbocycles. The van der Waals surface area contributed by atoms with Gasteiger partial charge in [-0.15, -0.1) is 24.0 Å². The van der Waals surface area contributed by atoms with Crippen LogP contribution in [0.4, 0.5) is 0 Å². The van der Waals surface area contributed by atoms with E-state index in [0.717, 1.165) is 32.1 Å². The Hall–Kier alpha value is -1.09. The maximum atomic E-state index is 4.67. The van der Waals surface area contributed by atoms with Crippen LogP contribution in [0.3, 0.4) is 0 Å². The first-order valence-corrected chi connectivity index (χ1v) is 8.13. The predicted molar refractivity (Wildman–Crippen MR) is 104 cm³/mol. The zero-order valence-electron chi connectivity index (χ0n) is 13.3. The first kappa shape index (κ1) is 19.0. The van der Waals surface area contributed by atoms with Gasteiger partial charge in [-0.05, 0) is 41.8 Å². The van der Waals surface area contributed by atoms with Crippen LogP contribution < -0.4 is 5.32 Å². The molecule has 2 aromatic rings. The van der Waals surface area contributed by atoms with Gasteiger partial charge in [0.05, 0.1) is 19.3 Å². The second-order valence-corrected chi connectivity index (χ2v) is 5.78. The minimum Gasteiger partial charge on any atom is -0.357 e. The highest BCUT2D eigenvalue weighted by molar-refractivity contribution is 14.0. The summed E-state index contributed by atoms with van der Waals surface area (Å²) in [6, 6.07) is 2.15. The van der Waals surface area contributed by atoms with Gasteiger partial charge in [-0.25, -0.2) is 0 Å². The van der Waals surface area contributed by atoms with Gasteiger partial charge in [-0.3, -0.25) is 9.67 Å². The summed E-state index contributed by atoms with van der Waals surface area (Å²) < 4.78 is 1.93. The Morgan fingerprint density at radius 2 is 2.32 bits per heavy atom. The summed E-state index contributed by atoms with van der Waals surface area (Å²) in [4.78, 5) is 6.83. The summed E-state index contributed by atoms with van der Waals surface area (Å²) in [6.45, 7) is 7.40. The lowest BCUT2D eigenvalue weighted by Crippen LogP contribution is -2.38. The van der Waals surface area contributed by atoms with Crippen LogP contribution in [0.1, 0.15) is 18.1 Å². The molecule has 0 atom stereocenters. The quantitative estimate of drug-likeness (QED) is 0.433. The van der Waals surface area contributed by atoms with Crippen LogP contribution in [-0.2, 0) is 13.1 Å². The van der Waals surface area contributed by atoms with E-state index < -0.39 is 0 Å². The molecule has 0 unspecified atom stereocenters. The third kappa shape index (κ3) is 5.96. The molecular formula is C15H24IN5S. The first-order valence-electron chi connectivity index (χ1n) is 7.18. The molecule has 0 aliphatic heterocycles. The number of thiophene rings is 1. The monoisotopic (exact) mass is 433 g/mol. The molecule has 2 aromatic heterocycles. The molecule has 7 heteroatoms. The molecule has 0 spiro atoms. The number of halogens is 1. The molecule has 0 aliphatic rings. The molecule has 22 heavy (non-hydrogen) atoms. The van der Waals surface area contributed by atoms with Gasteiger partial charge >= 0.3 is 0 Å². The Labute approximate surface area is 153 Å². The first-order chi connectivity index (χ1) is 10.2. The average Bonchev–Trinajstić information content (AvgIpc) is 3.09. The van der Waals surface area contributed by atoms with E-state index in [1.807, 2.05) is 24.0 Å². The summed E-state index contributed by atoms with van der Waals surface area (Å²) >= 11 is 1.73. The number of nitrogens with one attached hydrogen (secondary N) is 1. The Bertz CT molecular complexity index is 564. The number of nitrogens with zero attached hydrogens (tertiary/aromatic N) is 4. The van der Waals surface area contributed by atoms with Crippen molar-refractivity contribution in [1.29, 1.82) is 0 Å². The molecule has 0 fully saturated rings. The molecule has 0 aromatic carbocycles. The summed E-state index contributed by atoms with van der Waals surface area (Å²) in [5.41, 5.74) is 2.50. The number of rotatable bonds is 6. The summed E-state index contributed by atoms with van der Waals surface area (Å²) in [5, 5.41) is 11.9. The van der Waals surface area contributed by atoms with E-state index in [-0.39, 0.29) is 24.0 Å². The zero-order chi connectivity index (χ0) is 15.1. The normalized spacial score (nSPS) is 11.1. The molecule has 5 nitrogen and oxygen atoms in total. The molecule has 0 saturated heterocycles. The SMILES string of the molecule is CCNC(=NCCn1cc(C)cn1)N(C)Cc1ccsc1.I. The lowest BCUT2D eigenvalue weighted by Gasteiger charge is -2.21. The van der Waals surface area contributed by atoms with Crippen molar-refractivity contribution in [3.05, 3.63) is 40.3 Å². The maximum Gasteiger partial charge on any atom is 0.194 e. The van der Waals surface area contributed by atoms with Gasteiger partial charge in [-0.1, -0.05) is 0 Å². The van der Waals surface area contributed by atoms with Crippen LogP contribution in [0.2, 0.25) is 0 Å². The highest BCUT2D eigenvalue weighted by Gasteiger charge is 2.06. The number of hydrogen-bond donors (Lipinski definition) is 1. The van der Waals surface area contributed by atoms with E-state index in [9.17, 15) is 0 Å². The molecule has 0 bridgehead atoms. The number of guanidine groups is 1. The standard InChI is InChI=1S/C15H23N5S.HI/c1-4-16-15(19(3)11-14-5-8-21-12-14)17-6-7-20-10-13(2)9-18-20;/h5,8-10,12H,4,6-7,11H2,1-3H3,(H,16,17);1H. The fourth-order valence-electron chi connectivity index (χ4n) is 2.05. The highest BCUT2D eigenvalue weighted by Crippen LogP contribution is 2.08. The van der Waals surface area contributed by atoms with Gasteiger partial charge in [0.15, 0.2) is 5.96 Å². The largest absolute Gasteiger partial charge is 0.357 e. The third-order valence-electron chi connectivity index (χ3n) is 3.05. The highest BCUT2D eigenvalue weighted by atomic mass is 127. The lowest BCUT2D eigenvalue weighted by molar-refractivity contribution is 0.475. The van der Waals surface area contributed by atoms with Crippen molar-refractivity contribution in [2.24, 2.45) is 4.99 Å². The molecule has 0 aliphatic carbocycles.